The number of phosphoric acid groups is 1. The van der Waals surface area contributed by atoms with Crippen molar-refractivity contribution in [1.29, 1.82) is 0 Å². The van der Waals surface area contributed by atoms with Gasteiger partial charge < -0.3 is 28.8 Å². The molecule has 8 nitrogen and oxygen atoms in total. The van der Waals surface area contributed by atoms with Crippen LogP contribution in [0.25, 0.3) is 0 Å². The monoisotopic (exact) mass is 1210 g/mol. The summed E-state index contributed by atoms with van der Waals surface area (Å²) in [5.74, 6) is -0.166. The van der Waals surface area contributed by atoms with Gasteiger partial charge in [-0.25, -0.2) is 0 Å². The van der Waals surface area contributed by atoms with Crippen molar-refractivity contribution in [2.75, 3.05) is 40.9 Å². The Hall–Kier alpha value is -2.32. The summed E-state index contributed by atoms with van der Waals surface area (Å²) in [5, 5.41) is 14.1. The summed E-state index contributed by atoms with van der Waals surface area (Å²) >= 11 is 0. The van der Waals surface area contributed by atoms with Crippen molar-refractivity contribution in [1.82, 2.24) is 5.32 Å². The third-order valence-corrected chi connectivity index (χ3v) is 17.4. The van der Waals surface area contributed by atoms with Gasteiger partial charge in [-0.2, -0.15) is 0 Å². The number of quaternary nitrogens is 1. The minimum absolute atomic E-state index is 0.00920. The quantitative estimate of drug-likeness (QED) is 0.0272. The minimum atomic E-state index is -4.59. The lowest BCUT2D eigenvalue weighted by Crippen LogP contribution is -2.46. The first-order valence-corrected chi connectivity index (χ1v) is 37.9. The smallest absolute Gasteiger partial charge is 0.268 e. The molecule has 0 spiro atoms. The van der Waals surface area contributed by atoms with Gasteiger partial charge in [0.25, 0.3) is 7.82 Å². The van der Waals surface area contributed by atoms with Crippen LogP contribution in [0.15, 0.2) is 85.1 Å². The number of rotatable bonds is 67. The molecule has 0 aromatic rings. The Morgan fingerprint density at radius 1 is 0.424 bits per heavy atom. The van der Waals surface area contributed by atoms with E-state index in [1.807, 2.05) is 21.1 Å². The van der Waals surface area contributed by atoms with Gasteiger partial charge in [0, 0.05) is 6.42 Å². The number of unbranched alkanes of at least 4 members (excludes halogenated alkanes) is 40. The second-order valence-electron chi connectivity index (χ2n) is 25.9. The number of aliphatic hydroxyl groups is 1. The molecule has 0 radical (unpaired) electrons. The van der Waals surface area contributed by atoms with E-state index in [0.717, 1.165) is 83.5 Å². The average molecular weight is 1210 g/mol. The van der Waals surface area contributed by atoms with E-state index in [4.69, 9.17) is 9.05 Å². The van der Waals surface area contributed by atoms with Crippen LogP contribution in [0.5, 0.6) is 0 Å². The second kappa shape index (κ2) is 66.1. The van der Waals surface area contributed by atoms with E-state index in [2.05, 4.69) is 104 Å². The molecule has 0 fully saturated rings. The van der Waals surface area contributed by atoms with Gasteiger partial charge in [-0.1, -0.05) is 349 Å². The summed E-state index contributed by atoms with van der Waals surface area (Å²) in [6.45, 7) is 4.64. The Labute approximate surface area is 528 Å². The first-order chi connectivity index (χ1) is 41.5. The number of carbonyl (C=O) groups excluding carboxylic acids is 1. The molecule has 0 aliphatic heterocycles. The van der Waals surface area contributed by atoms with Crippen LogP contribution < -0.4 is 10.2 Å². The Morgan fingerprint density at radius 2 is 0.718 bits per heavy atom. The van der Waals surface area contributed by atoms with E-state index in [1.165, 1.54) is 231 Å². The summed E-state index contributed by atoms with van der Waals surface area (Å²) in [6, 6.07) is -0.809. The third kappa shape index (κ3) is 69.0. The number of phosphoric ester groups is 1. The van der Waals surface area contributed by atoms with Gasteiger partial charge in [0.05, 0.1) is 39.9 Å². The van der Waals surface area contributed by atoms with Crippen LogP contribution >= 0.6 is 7.82 Å². The number of likely N-dealkylation sites (N-methyl/N-ethyl adjacent to an activating group) is 1. The fraction of sp³-hybridized carbons (Fsp3) is 0.803. The van der Waals surface area contributed by atoms with Crippen LogP contribution in [0.2, 0.25) is 0 Å². The fourth-order valence-electron chi connectivity index (χ4n) is 10.8. The topological polar surface area (TPSA) is 108 Å². The first kappa shape index (κ1) is 82.7. The number of carbonyl (C=O) groups is 1. The van der Waals surface area contributed by atoms with Crippen molar-refractivity contribution in [2.45, 2.75) is 353 Å². The zero-order valence-corrected chi connectivity index (χ0v) is 57.7. The highest BCUT2D eigenvalue weighted by Gasteiger charge is 2.24. The zero-order chi connectivity index (χ0) is 61.9. The zero-order valence-electron chi connectivity index (χ0n) is 56.8. The van der Waals surface area contributed by atoms with Gasteiger partial charge in [-0.3, -0.25) is 9.36 Å². The minimum Gasteiger partial charge on any atom is -0.756 e. The highest BCUT2D eigenvalue weighted by molar-refractivity contribution is 7.45. The van der Waals surface area contributed by atoms with Crippen molar-refractivity contribution in [3.63, 3.8) is 0 Å². The Kier molecular flexibility index (Phi) is 64.3. The predicted octanol–water partition coefficient (Wildman–Crippen LogP) is 22.9. The van der Waals surface area contributed by atoms with Crippen LogP contribution in [0.1, 0.15) is 341 Å². The number of nitrogens with one attached hydrogen (secondary N) is 1. The number of allylic oxidation sites excluding steroid dienone is 14. The second-order valence-corrected chi connectivity index (χ2v) is 27.3. The lowest BCUT2D eigenvalue weighted by atomic mass is 10.0. The molecular formula is C76H141N2O6P. The standard InChI is InChI=1S/C76H141N2O6P/c1-6-8-10-12-14-16-18-20-22-24-26-28-30-32-34-36-38-39-40-42-44-46-48-50-52-54-56-58-60-62-64-66-68-70-76(80)77-74(73-84-85(81,82)83-72-71-78(3,4)5)75(79)69-67-65-63-61-59-57-55-53-51-49-47-45-43-41-37-35-33-31-29-27-25-23-21-19-17-15-13-11-9-7-2/h8,10,14,16,20,22,26,28,32,34,38-39,42,44,74-75,79H,6-7,9,11-13,15,17-19,21,23-25,27,29-31,33,35-37,40-41,43,45-73H2,1-5H3,(H-,77,80,81,82)/b10-8-,16-14-,22-20-,28-26-,34-32-,39-38-,44-42-. The summed E-state index contributed by atoms with van der Waals surface area (Å²) in [4.78, 5) is 25.7. The van der Waals surface area contributed by atoms with Gasteiger partial charge in [0.15, 0.2) is 0 Å². The molecule has 0 aliphatic rings. The highest BCUT2D eigenvalue weighted by Crippen LogP contribution is 2.38. The molecule has 3 unspecified atom stereocenters. The largest absolute Gasteiger partial charge is 0.756 e. The van der Waals surface area contributed by atoms with Crippen molar-refractivity contribution in [3.05, 3.63) is 85.1 Å². The van der Waals surface area contributed by atoms with Gasteiger partial charge in [-0.15, -0.1) is 0 Å². The molecule has 2 N–H and O–H groups in total. The molecule has 1 amide bonds. The van der Waals surface area contributed by atoms with Crippen LogP contribution in [0.4, 0.5) is 0 Å². The molecule has 0 aliphatic carbocycles. The van der Waals surface area contributed by atoms with E-state index in [-0.39, 0.29) is 19.1 Å². The molecule has 0 bridgehead atoms. The van der Waals surface area contributed by atoms with Crippen LogP contribution in [-0.4, -0.2) is 68.5 Å². The molecule has 3 atom stereocenters. The number of nitrogens with zero attached hydrogens (tertiary/aromatic N) is 1. The molecule has 0 aromatic heterocycles. The molecular weight excluding hydrogens is 1070 g/mol. The number of hydrogen-bond acceptors (Lipinski definition) is 6. The molecule has 85 heavy (non-hydrogen) atoms. The molecule has 0 rings (SSSR count). The van der Waals surface area contributed by atoms with E-state index in [1.54, 1.807) is 0 Å². The third-order valence-electron chi connectivity index (χ3n) is 16.4. The summed E-state index contributed by atoms with van der Waals surface area (Å²) in [6.07, 6.45) is 93.8. The Bertz CT molecular complexity index is 1660. The molecule has 0 aromatic carbocycles. The lowest BCUT2D eigenvalue weighted by Gasteiger charge is -2.30. The van der Waals surface area contributed by atoms with Gasteiger partial charge in [0.2, 0.25) is 5.91 Å². The van der Waals surface area contributed by atoms with Crippen LogP contribution in [-0.2, 0) is 18.4 Å². The van der Waals surface area contributed by atoms with Gasteiger partial charge in [0.1, 0.15) is 13.2 Å². The maximum atomic E-state index is 13.1. The van der Waals surface area contributed by atoms with Crippen molar-refractivity contribution < 1.29 is 32.9 Å². The van der Waals surface area contributed by atoms with Gasteiger partial charge >= 0.3 is 0 Å². The van der Waals surface area contributed by atoms with E-state index in [9.17, 15) is 19.4 Å². The van der Waals surface area contributed by atoms with Gasteiger partial charge in [-0.05, 0) is 70.6 Å². The predicted molar refractivity (Wildman–Crippen MR) is 371 cm³/mol. The van der Waals surface area contributed by atoms with E-state index >= 15 is 0 Å². The maximum absolute atomic E-state index is 13.1. The molecule has 9 heteroatoms. The number of amides is 1. The summed E-state index contributed by atoms with van der Waals surface area (Å²) in [5.41, 5.74) is 0. The first-order valence-electron chi connectivity index (χ1n) is 36.4. The Balaban J connectivity index is 4.05. The summed E-state index contributed by atoms with van der Waals surface area (Å²) < 4.78 is 23.6. The van der Waals surface area contributed by atoms with E-state index < -0.39 is 20.0 Å². The molecule has 0 heterocycles. The molecule has 496 valence electrons. The maximum Gasteiger partial charge on any atom is 0.268 e. The van der Waals surface area contributed by atoms with Crippen molar-refractivity contribution in [3.8, 4) is 0 Å². The normalized spacial score (nSPS) is 14.1. The lowest BCUT2D eigenvalue weighted by molar-refractivity contribution is -0.870. The van der Waals surface area contributed by atoms with Crippen molar-refractivity contribution in [2.24, 2.45) is 0 Å². The van der Waals surface area contributed by atoms with E-state index in [0.29, 0.717) is 23.9 Å². The SMILES string of the molecule is CC/C=C\C/C=C\C/C=C\C/C=C\C/C=C\C/C=C\C/C=C\CCCCCCCCCCCCCC(=O)NC(COP(=O)([O-])OCC[N+](C)(C)C)C(O)CCCCCCCCCCCCCCCCCCCCCCCCCCCCCCCC. The molecule has 0 saturated heterocycles. The van der Waals surface area contributed by atoms with Crippen LogP contribution in [0.3, 0.4) is 0 Å². The highest BCUT2D eigenvalue weighted by atomic mass is 31.2. The van der Waals surface area contributed by atoms with Crippen molar-refractivity contribution >= 4 is 13.7 Å². The fourth-order valence-corrected chi connectivity index (χ4v) is 11.5. The summed E-state index contributed by atoms with van der Waals surface area (Å²) in [7, 11) is 1.31. The van der Waals surface area contributed by atoms with Crippen LogP contribution in [0, 0.1) is 0 Å². The molecule has 0 saturated carbocycles. The number of aliphatic hydroxyl groups excluding tert-OH is 1. The Morgan fingerprint density at radius 3 is 1.05 bits per heavy atom. The average Bonchev–Trinajstić information content (AvgIpc) is 3.49. The number of hydrogen-bond donors (Lipinski definition) is 2.